The van der Waals surface area contributed by atoms with Crippen LogP contribution in [0.15, 0.2) is 76.5 Å². The van der Waals surface area contributed by atoms with Crippen molar-refractivity contribution in [2.24, 2.45) is 0 Å². The van der Waals surface area contributed by atoms with Gasteiger partial charge in [-0.1, -0.05) is 85.4 Å². The maximum atomic E-state index is 13.6. The molecule has 3 aromatic carbocycles. The molecule has 138 valence electrons. The molecule has 3 aromatic rings. The van der Waals surface area contributed by atoms with Gasteiger partial charge in [0.1, 0.15) is 0 Å². The summed E-state index contributed by atoms with van der Waals surface area (Å²) >= 11 is 7.61. The number of fused-ring (bicyclic) bond motifs is 2. The molecule has 2 aliphatic carbocycles. The van der Waals surface area contributed by atoms with Gasteiger partial charge in [-0.05, 0) is 42.5 Å². The average Bonchev–Trinajstić information content (AvgIpc) is 3.27. The number of carbonyl (C=O) groups excluding carboxylic acids is 1. The van der Waals surface area contributed by atoms with Crippen molar-refractivity contribution in [2.75, 3.05) is 0 Å². The highest BCUT2D eigenvalue weighted by Gasteiger charge is 2.33. The Kier molecular flexibility index (Phi) is 4.65. The zero-order chi connectivity index (χ0) is 19.1. The van der Waals surface area contributed by atoms with E-state index in [1.54, 1.807) is 11.8 Å². The second-order valence-electron chi connectivity index (χ2n) is 7.50. The van der Waals surface area contributed by atoms with Gasteiger partial charge in [0.15, 0.2) is 5.78 Å². The average molecular weight is 401 g/mol. The molecule has 0 aliphatic heterocycles. The minimum absolute atomic E-state index is 0.136. The standard InChI is InChI=1S/C25H20OS2/c26-24-19-13-7-15-21(28-17-10-2-1-3-11-17)23(19)25(27)20-14-6-12-18(22(20)24)16-8-4-5-9-16/h1-3,6-7,10-16H,4-5,8-9H2. The van der Waals surface area contributed by atoms with E-state index in [1.807, 2.05) is 36.4 Å². The molecule has 2 aliphatic rings. The Hall–Kier alpha value is -2.23. The number of benzene rings is 3. The topological polar surface area (TPSA) is 17.1 Å². The molecule has 0 heterocycles. The number of thiocarbonyl (C=S) groups is 1. The molecule has 0 spiro atoms. The summed E-state index contributed by atoms with van der Waals surface area (Å²) in [4.78, 5) is 16.6. The second kappa shape index (κ2) is 7.31. The van der Waals surface area contributed by atoms with Crippen LogP contribution in [0.5, 0.6) is 0 Å². The Bertz CT molecular complexity index is 1080. The first-order chi connectivity index (χ1) is 13.7. The number of hydrogen-bond donors (Lipinski definition) is 0. The third-order valence-electron chi connectivity index (χ3n) is 5.83. The van der Waals surface area contributed by atoms with Crippen LogP contribution in [-0.2, 0) is 0 Å². The second-order valence-corrected chi connectivity index (χ2v) is 9.03. The Morgan fingerprint density at radius 1 is 0.786 bits per heavy atom. The van der Waals surface area contributed by atoms with E-state index in [9.17, 15) is 4.79 Å². The SMILES string of the molecule is O=C1c2cccc(Sc3ccccc3)c2C(=S)c2cccc(C3CCCC3)c21. The highest BCUT2D eigenvalue weighted by Crippen LogP contribution is 2.42. The minimum atomic E-state index is 0.136. The number of hydrogen-bond acceptors (Lipinski definition) is 3. The molecule has 0 aromatic heterocycles. The predicted octanol–water partition coefficient (Wildman–Crippen LogP) is 6.81. The summed E-state index contributed by atoms with van der Waals surface area (Å²) in [5, 5.41) is 0. The Labute approximate surface area is 175 Å². The molecule has 3 heteroatoms. The van der Waals surface area contributed by atoms with Crippen LogP contribution in [0, 0.1) is 0 Å². The maximum absolute atomic E-state index is 13.6. The van der Waals surface area contributed by atoms with E-state index in [0.717, 1.165) is 36.9 Å². The van der Waals surface area contributed by atoms with Crippen molar-refractivity contribution in [3.63, 3.8) is 0 Å². The molecule has 0 atom stereocenters. The molecule has 0 radical (unpaired) electrons. The van der Waals surface area contributed by atoms with Crippen LogP contribution in [0.3, 0.4) is 0 Å². The van der Waals surface area contributed by atoms with E-state index in [2.05, 4.69) is 30.3 Å². The monoisotopic (exact) mass is 400 g/mol. The van der Waals surface area contributed by atoms with E-state index < -0.39 is 0 Å². The van der Waals surface area contributed by atoms with Crippen LogP contribution in [0.2, 0.25) is 0 Å². The normalized spacial score (nSPS) is 16.1. The van der Waals surface area contributed by atoms with Crippen LogP contribution in [-0.4, -0.2) is 10.6 Å². The molecular weight excluding hydrogens is 380 g/mol. The van der Waals surface area contributed by atoms with Crippen LogP contribution >= 0.6 is 24.0 Å². The highest BCUT2D eigenvalue weighted by molar-refractivity contribution is 7.99. The summed E-state index contributed by atoms with van der Waals surface area (Å²) in [7, 11) is 0. The third-order valence-corrected chi connectivity index (χ3v) is 7.32. The molecule has 1 nitrogen and oxygen atoms in total. The van der Waals surface area contributed by atoms with Gasteiger partial charge in [-0.3, -0.25) is 4.79 Å². The van der Waals surface area contributed by atoms with Crippen molar-refractivity contribution in [3.05, 3.63) is 94.5 Å². The van der Waals surface area contributed by atoms with Gasteiger partial charge in [0.2, 0.25) is 0 Å². The van der Waals surface area contributed by atoms with Crippen LogP contribution < -0.4 is 0 Å². The van der Waals surface area contributed by atoms with Crippen molar-refractivity contribution in [1.29, 1.82) is 0 Å². The molecule has 0 amide bonds. The summed E-state index contributed by atoms with van der Waals surface area (Å²) in [6, 6.07) is 22.5. The van der Waals surface area contributed by atoms with Gasteiger partial charge in [-0.2, -0.15) is 0 Å². The van der Waals surface area contributed by atoms with Crippen molar-refractivity contribution in [1.82, 2.24) is 0 Å². The molecule has 0 N–H and O–H groups in total. The first-order valence-electron chi connectivity index (χ1n) is 9.82. The maximum Gasteiger partial charge on any atom is 0.194 e. The highest BCUT2D eigenvalue weighted by atomic mass is 32.2. The van der Waals surface area contributed by atoms with Gasteiger partial charge in [0.25, 0.3) is 0 Å². The van der Waals surface area contributed by atoms with Crippen molar-refractivity contribution >= 4 is 34.6 Å². The summed E-state index contributed by atoms with van der Waals surface area (Å²) < 4.78 is 0. The minimum Gasteiger partial charge on any atom is -0.289 e. The lowest BCUT2D eigenvalue weighted by Gasteiger charge is -2.25. The lowest BCUT2D eigenvalue weighted by atomic mass is 9.79. The first kappa shape index (κ1) is 17.8. The van der Waals surface area contributed by atoms with Gasteiger partial charge in [-0.15, -0.1) is 0 Å². The molecule has 0 unspecified atom stereocenters. The summed E-state index contributed by atoms with van der Waals surface area (Å²) in [6.07, 6.45) is 4.85. The summed E-state index contributed by atoms with van der Waals surface area (Å²) in [5.74, 6) is 0.627. The number of rotatable bonds is 3. The zero-order valence-corrected chi connectivity index (χ0v) is 17.1. The van der Waals surface area contributed by atoms with E-state index >= 15 is 0 Å². The van der Waals surface area contributed by atoms with Gasteiger partial charge in [0.05, 0.1) is 4.86 Å². The molecule has 1 saturated carbocycles. The fraction of sp³-hybridized carbons (Fsp3) is 0.200. The van der Waals surface area contributed by atoms with E-state index in [0.29, 0.717) is 5.92 Å². The van der Waals surface area contributed by atoms with E-state index in [1.165, 1.54) is 31.2 Å². The Morgan fingerprint density at radius 3 is 2.29 bits per heavy atom. The molecular formula is C25H20OS2. The van der Waals surface area contributed by atoms with Gasteiger partial charge in [0, 0.05) is 32.0 Å². The number of ketones is 1. The van der Waals surface area contributed by atoms with E-state index in [-0.39, 0.29) is 5.78 Å². The third kappa shape index (κ3) is 2.94. The van der Waals surface area contributed by atoms with Gasteiger partial charge >= 0.3 is 0 Å². The summed E-state index contributed by atoms with van der Waals surface area (Å²) in [6.45, 7) is 0. The van der Waals surface area contributed by atoms with Crippen LogP contribution in [0.4, 0.5) is 0 Å². The van der Waals surface area contributed by atoms with Crippen LogP contribution in [0.25, 0.3) is 0 Å². The smallest absolute Gasteiger partial charge is 0.194 e. The molecule has 28 heavy (non-hydrogen) atoms. The molecule has 5 rings (SSSR count). The molecule has 0 bridgehead atoms. The van der Waals surface area contributed by atoms with Crippen molar-refractivity contribution in [2.45, 2.75) is 41.4 Å². The lowest BCUT2D eigenvalue weighted by molar-refractivity contribution is 0.103. The fourth-order valence-corrected chi connectivity index (χ4v) is 5.98. The predicted molar refractivity (Wildman–Crippen MR) is 119 cm³/mol. The van der Waals surface area contributed by atoms with Gasteiger partial charge < -0.3 is 0 Å². The number of carbonyl (C=O) groups is 1. The fourth-order valence-electron chi connectivity index (χ4n) is 4.51. The van der Waals surface area contributed by atoms with Crippen molar-refractivity contribution < 1.29 is 4.79 Å². The van der Waals surface area contributed by atoms with Crippen LogP contribution in [0.1, 0.15) is 64.2 Å². The molecule has 0 saturated heterocycles. The van der Waals surface area contributed by atoms with E-state index in [4.69, 9.17) is 12.2 Å². The molecule has 1 fully saturated rings. The Morgan fingerprint density at radius 2 is 1.50 bits per heavy atom. The largest absolute Gasteiger partial charge is 0.289 e. The lowest BCUT2D eigenvalue weighted by Crippen LogP contribution is -2.23. The zero-order valence-electron chi connectivity index (χ0n) is 15.5. The van der Waals surface area contributed by atoms with Gasteiger partial charge in [-0.25, -0.2) is 0 Å². The first-order valence-corrected chi connectivity index (χ1v) is 11.0. The quantitative estimate of drug-likeness (QED) is 0.352. The van der Waals surface area contributed by atoms with Crippen molar-refractivity contribution in [3.8, 4) is 0 Å². The Balaban J connectivity index is 1.63. The summed E-state index contributed by atoms with van der Waals surface area (Å²) in [5.41, 5.74) is 4.68.